The van der Waals surface area contributed by atoms with E-state index in [2.05, 4.69) is 5.32 Å². The number of nitrogens with one attached hydrogen (secondary N) is 1. The summed E-state index contributed by atoms with van der Waals surface area (Å²) in [6.07, 6.45) is 1.72. The van der Waals surface area contributed by atoms with E-state index < -0.39 is 28.5 Å². The summed E-state index contributed by atoms with van der Waals surface area (Å²) >= 11 is 0. The van der Waals surface area contributed by atoms with Crippen molar-refractivity contribution in [3.05, 3.63) is 84.4 Å². The second kappa shape index (κ2) is 14.4. The van der Waals surface area contributed by atoms with E-state index in [9.17, 15) is 18.0 Å². The lowest BCUT2D eigenvalue weighted by molar-refractivity contribution is -0.139. The van der Waals surface area contributed by atoms with Gasteiger partial charge in [0.15, 0.2) is 0 Å². The number of hydrogen-bond donors (Lipinski definition) is 1. The third-order valence-corrected chi connectivity index (χ3v) is 8.25. The molecule has 0 spiro atoms. The molecular weight excluding hydrogens is 530 g/mol. The van der Waals surface area contributed by atoms with Gasteiger partial charge in [-0.05, 0) is 55.3 Å². The summed E-state index contributed by atoms with van der Waals surface area (Å²) in [5.74, 6) is 0.257. The predicted octanol–water partition coefficient (Wildman–Crippen LogP) is 4.23. The molecule has 0 heterocycles. The van der Waals surface area contributed by atoms with Gasteiger partial charge in [-0.2, -0.15) is 0 Å². The second-order valence-corrected chi connectivity index (χ2v) is 11.1. The number of sulfonamides is 1. The Morgan fingerprint density at radius 3 is 2.20 bits per heavy atom. The molecule has 0 aliphatic rings. The fourth-order valence-corrected chi connectivity index (χ4v) is 5.49. The molecule has 0 aliphatic carbocycles. The topological polar surface area (TPSA) is 105 Å². The Hall–Kier alpha value is -4.05. The number of hydrogen-bond acceptors (Lipinski definition) is 6. The molecule has 2 amide bonds. The van der Waals surface area contributed by atoms with Gasteiger partial charge in [0.05, 0.1) is 24.8 Å². The summed E-state index contributed by atoms with van der Waals surface area (Å²) in [6.45, 7) is 3.73. The monoisotopic (exact) mass is 567 g/mol. The smallest absolute Gasteiger partial charge is 0.264 e. The number of unbranched alkanes of at least 4 members (excludes halogenated alkanes) is 1. The molecule has 0 aliphatic heterocycles. The van der Waals surface area contributed by atoms with Crippen LogP contribution in [0.2, 0.25) is 0 Å². The number of carbonyl (C=O) groups is 2. The minimum absolute atomic E-state index is 0.0395. The maximum absolute atomic E-state index is 13.9. The fraction of sp³-hybridized carbons (Fsp3) is 0.333. The number of methoxy groups -OCH3 is 2. The number of rotatable bonds is 14. The summed E-state index contributed by atoms with van der Waals surface area (Å²) in [4.78, 5) is 28.4. The van der Waals surface area contributed by atoms with Crippen LogP contribution >= 0.6 is 0 Å². The van der Waals surface area contributed by atoms with Crippen LogP contribution in [-0.4, -0.2) is 58.5 Å². The van der Waals surface area contributed by atoms with Crippen LogP contribution in [0.4, 0.5) is 5.69 Å². The zero-order valence-corrected chi connectivity index (χ0v) is 24.2. The lowest BCUT2D eigenvalue weighted by Crippen LogP contribution is -2.51. The lowest BCUT2D eigenvalue weighted by atomic mass is 10.1. The Labute approximate surface area is 236 Å². The molecule has 0 bridgehead atoms. The quantitative estimate of drug-likeness (QED) is 0.292. The van der Waals surface area contributed by atoms with Gasteiger partial charge in [0.25, 0.3) is 10.0 Å². The summed E-state index contributed by atoms with van der Waals surface area (Å²) in [5, 5.41) is 2.88. The number of ether oxygens (including phenoxy) is 2. The van der Waals surface area contributed by atoms with Gasteiger partial charge in [-0.3, -0.25) is 13.9 Å². The first-order valence-electron chi connectivity index (χ1n) is 13.1. The number of nitrogens with zero attached hydrogens (tertiary/aromatic N) is 2. The minimum atomic E-state index is -4.14. The number of carbonyl (C=O) groups excluding carboxylic acids is 2. The van der Waals surface area contributed by atoms with Gasteiger partial charge >= 0.3 is 0 Å². The molecule has 0 aromatic heterocycles. The molecule has 1 atom stereocenters. The number of benzene rings is 3. The molecule has 1 unspecified atom stereocenters. The van der Waals surface area contributed by atoms with Gasteiger partial charge in [0, 0.05) is 19.2 Å². The van der Waals surface area contributed by atoms with Crippen molar-refractivity contribution in [3.8, 4) is 11.5 Å². The summed E-state index contributed by atoms with van der Waals surface area (Å²) in [7, 11) is -1.09. The van der Waals surface area contributed by atoms with Crippen LogP contribution in [0.5, 0.6) is 11.5 Å². The summed E-state index contributed by atoms with van der Waals surface area (Å²) in [6, 6.07) is 20.7. The van der Waals surface area contributed by atoms with Crippen LogP contribution < -0.4 is 19.1 Å². The van der Waals surface area contributed by atoms with Crippen molar-refractivity contribution in [2.45, 2.75) is 44.2 Å². The van der Waals surface area contributed by atoms with Crippen LogP contribution in [0.3, 0.4) is 0 Å². The van der Waals surface area contributed by atoms with Crippen molar-refractivity contribution in [3.63, 3.8) is 0 Å². The molecule has 0 radical (unpaired) electrons. The highest BCUT2D eigenvalue weighted by molar-refractivity contribution is 7.92. The zero-order valence-electron chi connectivity index (χ0n) is 23.4. The van der Waals surface area contributed by atoms with E-state index in [0.29, 0.717) is 18.0 Å². The average Bonchev–Trinajstić information content (AvgIpc) is 2.98. The normalized spacial score (nSPS) is 11.8. The molecule has 3 rings (SSSR count). The first-order chi connectivity index (χ1) is 19.2. The van der Waals surface area contributed by atoms with Crippen molar-refractivity contribution in [2.75, 3.05) is 31.6 Å². The van der Waals surface area contributed by atoms with Gasteiger partial charge in [0.1, 0.15) is 24.1 Å². The molecule has 0 saturated carbocycles. The van der Waals surface area contributed by atoms with Gasteiger partial charge in [-0.25, -0.2) is 8.42 Å². The zero-order chi connectivity index (χ0) is 29.1. The predicted molar refractivity (Wildman–Crippen MR) is 155 cm³/mol. The number of amides is 2. The van der Waals surface area contributed by atoms with E-state index in [4.69, 9.17) is 9.47 Å². The molecule has 40 heavy (non-hydrogen) atoms. The van der Waals surface area contributed by atoms with Crippen molar-refractivity contribution in [2.24, 2.45) is 0 Å². The van der Waals surface area contributed by atoms with Crippen LogP contribution in [0, 0.1) is 0 Å². The molecule has 214 valence electrons. The Balaban J connectivity index is 2.00. The van der Waals surface area contributed by atoms with E-state index in [1.54, 1.807) is 80.8 Å². The Bertz CT molecular complexity index is 1360. The Morgan fingerprint density at radius 2 is 1.57 bits per heavy atom. The highest BCUT2D eigenvalue weighted by atomic mass is 32.2. The highest BCUT2D eigenvalue weighted by Gasteiger charge is 2.32. The number of anilines is 1. The molecule has 1 N–H and O–H groups in total. The second-order valence-electron chi connectivity index (χ2n) is 9.22. The molecule has 10 heteroatoms. The van der Waals surface area contributed by atoms with Crippen LogP contribution in [-0.2, 0) is 26.2 Å². The highest BCUT2D eigenvalue weighted by Crippen LogP contribution is 2.27. The summed E-state index contributed by atoms with van der Waals surface area (Å²) < 4.78 is 39.2. The standard InChI is InChI=1S/C30H37N3O6S/c1-5-6-19-31-30(35)23(2)32(21-24-15-17-26(38-3)18-16-24)29(34)22-33(25-11-10-12-27(20-25)39-4)40(36,37)28-13-8-7-9-14-28/h7-18,20,23H,5-6,19,21-22H2,1-4H3,(H,31,35). The van der Waals surface area contributed by atoms with Gasteiger partial charge < -0.3 is 19.7 Å². The minimum Gasteiger partial charge on any atom is -0.497 e. The summed E-state index contributed by atoms with van der Waals surface area (Å²) in [5.41, 5.74) is 1.03. The Kier molecular flexibility index (Phi) is 11.0. The third-order valence-electron chi connectivity index (χ3n) is 6.46. The molecule has 3 aromatic carbocycles. The largest absolute Gasteiger partial charge is 0.497 e. The van der Waals surface area contributed by atoms with Crippen molar-refractivity contribution < 1.29 is 27.5 Å². The van der Waals surface area contributed by atoms with Crippen LogP contribution in [0.1, 0.15) is 32.3 Å². The van der Waals surface area contributed by atoms with Crippen LogP contribution in [0.25, 0.3) is 0 Å². The molecule has 9 nitrogen and oxygen atoms in total. The maximum atomic E-state index is 13.9. The first-order valence-corrected chi connectivity index (χ1v) is 14.6. The lowest BCUT2D eigenvalue weighted by Gasteiger charge is -2.32. The van der Waals surface area contributed by atoms with Crippen molar-refractivity contribution >= 4 is 27.5 Å². The van der Waals surface area contributed by atoms with E-state index in [1.807, 2.05) is 6.92 Å². The Morgan fingerprint density at radius 1 is 0.900 bits per heavy atom. The van der Waals surface area contributed by atoms with E-state index in [1.165, 1.54) is 24.1 Å². The van der Waals surface area contributed by atoms with Crippen LogP contribution in [0.15, 0.2) is 83.8 Å². The van der Waals surface area contributed by atoms with E-state index in [-0.39, 0.29) is 23.0 Å². The molecule has 0 fully saturated rings. The fourth-order valence-electron chi connectivity index (χ4n) is 4.06. The molecular formula is C30H37N3O6S. The third kappa shape index (κ3) is 7.75. The van der Waals surface area contributed by atoms with Gasteiger partial charge in [-0.15, -0.1) is 0 Å². The van der Waals surface area contributed by atoms with Gasteiger partial charge in [-0.1, -0.05) is 49.7 Å². The molecule has 0 saturated heterocycles. The van der Waals surface area contributed by atoms with Gasteiger partial charge in [0.2, 0.25) is 11.8 Å². The first kappa shape index (κ1) is 30.5. The average molecular weight is 568 g/mol. The molecule has 3 aromatic rings. The SMILES string of the molecule is CCCCNC(=O)C(C)N(Cc1ccc(OC)cc1)C(=O)CN(c1cccc(OC)c1)S(=O)(=O)c1ccccc1. The van der Waals surface area contributed by atoms with Crippen molar-refractivity contribution in [1.82, 2.24) is 10.2 Å². The maximum Gasteiger partial charge on any atom is 0.264 e. The van der Waals surface area contributed by atoms with E-state index in [0.717, 1.165) is 22.7 Å². The van der Waals surface area contributed by atoms with Crippen molar-refractivity contribution in [1.29, 1.82) is 0 Å². The van der Waals surface area contributed by atoms with E-state index >= 15 is 0 Å².